The first-order chi connectivity index (χ1) is 18.4. The van der Waals surface area contributed by atoms with Crippen molar-refractivity contribution in [2.24, 2.45) is 12.5 Å². The molecule has 218 valence electrons. The molecule has 1 saturated heterocycles. The van der Waals surface area contributed by atoms with Crippen molar-refractivity contribution in [2.45, 2.75) is 43.9 Å². The number of hydrogen-bond donors (Lipinski definition) is 3. The maximum atomic E-state index is 13.6. The molecule has 16 heteroatoms. The Bertz CT molecular complexity index is 1490. The zero-order chi connectivity index (χ0) is 29.8. The molecule has 2 aliphatic rings. The Hall–Kier alpha value is -3.66. The number of hydrogen-bond acceptors (Lipinski definition) is 6. The van der Waals surface area contributed by atoms with Gasteiger partial charge in [-0.1, -0.05) is 6.92 Å². The number of halogens is 4. The number of amides is 3. The fourth-order valence-electron chi connectivity index (χ4n) is 4.59. The van der Waals surface area contributed by atoms with Gasteiger partial charge in [0.25, 0.3) is 5.91 Å². The Balaban J connectivity index is 1.58. The van der Waals surface area contributed by atoms with E-state index in [4.69, 9.17) is 4.74 Å². The third-order valence-corrected chi connectivity index (χ3v) is 8.45. The Labute approximate surface area is 226 Å². The standard InChI is InChI=1S/C24H27F4N5O6S/c1-12-7-14(5-6-15(12)25)30-20(34)18-19-16(8-32(18)4)40(37,38)31-17-9-33(10-23(17,3)11-39-19)22(36)21(35)29-13(2)24(26,27)28/h5-8,13,17,31H,9-11H2,1-4H3,(H,29,35)(H,30,34)/t13?,17-,23-/m1/s1. The molecule has 1 fully saturated rings. The number of fused-ring (bicyclic) bond motifs is 2. The summed E-state index contributed by atoms with van der Waals surface area (Å²) in [4.78, 5) is 38.6. The van der Waals surface area contributed by atoms with Crippen LogP contribution in [0.1, 0.15) is 29.9 Å². The monoisotopic (exact) mass is 589 g/mol. The first-order valence-corrected chi connectivity index (χ1v) is 13.5. The molecule has 40 heavy (non-hydrogen) atoms. The fraction of sp³-hybridized carbons (Fsp3) is 0.458. The zero-order valence-corrected chi connectivity index (χ0v) is 22.7. The van der Waals surface area contributed by atoms with Crippen LogP contribution in [0.2, 0.25) is 0 Å². The molecule has 2 aromatic rings. The average Bonchev–Trinajstić information content (AvgIpc) is 3.35. The number of rotatable bonds is 3. The molecule has 3 atom stereocenters. The van der Waals surface area contributed by atoms with Crippen LogP contribution in [0.5, 0.6) is 5.75 Å². The lowest BCUT2D eigenvalue weighted by molar-refractivity contribution is -0.162. The molecule has 0 radical (unpaired) electrons. The van der Waals surface area contributed by atoms with Gasteiger partial charge in [0.1, 0.15) is 16.8 Å². The third-order valence-electron chi connectivity index (χ3n) is 6.98. The summed E-state index contributed by atoms with van der Waals surface area (Å²) < 4.78 is 88.4. The lowest BCUT2D eigenvalue weighted by Crippen LogP contribution is -2.50. The van der Waals surface area contributed by atoms with Crippen molar-refractivity contribution in [3.63, 3.8) is 0 Å². The number of ether oxygens (including phenoxy) is 1. The predicted molar refractivity (Wildman–Crippen MR) is 132 cm³/mol. The van der Waals surface area contributed by atoms with Gasteiger partial charge in [-0.25, -0.2) is 17.5 Å². The predicted octanol–water partition coefficient (Wildman–Crippen LogP) is 1.68. The maximum absolute atomic E-state index is 13.6. The summed E-state index contributed by atoms with van der Waals surface area (Å²) in [5.41, 5.74) is -0.714. The van der Waals surface area contributed by atoms with Crippen molar-refractivity contribution in [1.82, 2.24) is 19.5 Å². The van der Waals surface area contributed by atoms with Crippen LogP contribution in [-0.4, -0.2) is 73.6 Å². The van der Waals surface area contributed by atoms with E-state index in [1.165, 1.54) is 42.9 Å². The van der Waals surface area contributed by atoms with Gasteiger partial charge in [-0.3, -0.25) is 14.4 Å². The van der Waals surface area contributed by atoms with Crippen molar-refractivity contribution in [2.75, 3.05) is 25.0 Å². The third kappa shape index (κ3) is 5.50. The van der Waals surface area contributed by atoms with Gasteiger partial charge >= 0.3 is 18.0 Å². The van der Waals surface area contributed by atoms with Gasteiger partial charge in [0.05, 0.1) is 6.61 Å². The van der Waals surface area contributed by atoms with E-state index in [1.54, 1.807) is 12.2 Å². The van der Waals surface area contributed by atoms with Crippen LogP contribution in [0.3, 0.4) is 0 Å². The Morgan fingerprint density at radius 3 is 2.55 bits per heavy atom. The summed E-state index contributed by atoms with van der Waals surface area (Å²) in [7, 11) is -2.89. The number of carbonyl (C=O) groups is 3. The van der Waals surface area contributed by atoms with Crippen molar-refractivity contribution in [1.29, 1.82) is 0 Å². The van der Waals surface area contributed by atoms with Crippen LogP contribution in [0.4, 0.5) is 23.2 Å². The van der Waals surface area contributed by atoms with Crippen LogP contribution >= 0.6 is 0 Å². The second kappa shape index (κ2) is 10.1. The second-order valence-corrected chi connectivity index (χ2v) is 11.9. The molecule has 0 aliphatic carbocycles. The largest absolute Gasteiger partial charge is 0.489 e. The molecule has 0 bridgehead atoms. The number of sulfonamides is 1. The van der Waals surface area contributed by atoms with E-state index in [-0.39, 0.29) is 47.3 Å². The van der Waals surface area contributed by atoms with Gasteiger partial charge in [0.2, 0.25) is 10.0 Å². The minimum absolute atomic E-state index is 0.143. The van der Waals surface area contributed by atoms with Crippen molar-refractivity contribution in [3.8, 4) is 5.75 Å². The number of anilines is 1. The van der Waals surface area contributed by atoms with Gasteiger partial charge in [0, 0.05) is 43.5 Å². The van der Waals surface area contributed by atoms with Gasteiger partial charge in [-0.2, -0.15) is 13.2 Å². The highest BCUT2D eigenvalue weighted by Crippen LogP contribution is 2.39. The average molecular weight is 590 g/mol. The van der Waals surface area contributed by atoms with Gasteiger partial charge < -0.3 is 24.8 Å². The summed E-state index contributed by atoms with van der Waals surface area (Å²) in [6, 6.07) is 0.690. The number of nitrogens with zero attached hydrogens (tertiary/aromatic N) is 2. The first kappa shape index (κ1) is 29.3. The molecule has 3 N–H and O–H groups in total. The highest BCUT2D eigenvalue weighted by Gasteiger charge is 2.51. The van der Waals surface area contributed by atoms with Gasteiger partial charge in [-0.05, 0) is 37.6 Å². The van der Waals surface area contributed by atoms with Crippen LogP contribution in [0.15, 0.2) is 29.3 Å². The lowest BCUT2D eigenvalue weighted by Gasteiger charge is -2.32. The van der Waals surface area contributed by atoms with E-state index < -0.39 is 57.2 Å². The maximum Gasteiger partial charge on any atom is 0.408 e. The topological polar surface area (TPSA) is 139 Å². The molecular weight excluding hydrogens is 562 g/mol. The van der Waals surface area contributed by atoms with Crippen LogP contribution in [0, 0.1) is 18.2 Å². The lowest BCUT2D eigenvalue weighted by atomic mass is 9.87. The molecule has 0 spiro atoms. The minimum atomic E-state index is -4.76. The summed E-state index contributed by atoms with van der Waals surface area (Å²) in [5, 5.41) is 4.18. The number of aryl methyl sites for hydroxylation is 2. The summed E-state index contributed by atoms with van der Waals surface area (Å²) in [6.07, 6.45) is -3.58. The highest BCUT2D eigenvalue weighted by molar-refractivity contribution is 7.89. The number of alkyl halides is 3. The second-order valence-electron chi connectivity index (χ2n) is 10.2. The van der Waals surface area contributed by atoms with Gasteiger partial charge in [-0.15, -0.1) is 0 Å². The zero-order valence-electron chi connectivity index (χ0n) is 21.8. The highest BCUT2D eigenvalue weighted by atomic mass is 32.2. The van der Waals surface area contributed by atoms with Crippen molar-refractivity contribution < 1.29 is 45.1 Å². The van der Waals surface area contributed by atoms with Crippen LogP contribution in [0.25, 0.3) is 0 Å². The molecule has 1 aromatic heterocycles. The molecular formula is C24H27F4N5O6S. The molecule has 0 saturated carbocycles. The first-order valence-electron chi connectivity index (χ1n) is 12.0. The molecule has 11 nitrogen and oxygen atoms in total. The van der Waals surface area contributed by atoms with E-state index in [0.717, 1.165) is 4.90 Å². The van der Waals surface area contributed by atoms with E-state index in [2.05, 4.69) is 10.0 Å². The summed E-state index contributed by atoms with van der Waals surface area (Å²) >= 11 is 0. The number of likely N-dealkylation sites (tertiary alicyclic amines) is 1. The molecule has 2 aliphatic heterocycles. The number of benzene rings is 1. The quantitative estimate of drug-likeness (QED) is 0.368. The van der Waals surface area contributed by atoms with Crippen molar-refractivity contribution >= 4 is 33.4 Å². The van der Waals surface area contributed by atoms with Crippen LogP contribution < -0.4 is 20.1 Å². The van der Waals surface area contributed by atoms with Gasteiger partial charge in [0.15, 0.2) is 11.4 Å². The molecule has 1 aromatic carbocycles. The SMILES string of the molecule is Cc1cc(NC(=O)c2c3c(cn2C)S(=O)(=O)N[C@@H]2CN(C(=O)C(=O)NC(C)C(F)(F)F)C[C@]2(C)CO3)ccc1F. The summed E-state index contributed by atoms with van der Waals surface area (Å²) in [6.45, 7) is 3.05. The Kier molecular flexibility index (Phi) is 7.38. The Morgan fingerprint density at radius 2 is 1.93 bits per heavy atom. The van der Waals surface area contributed by atoms with E-state index >= 15 is 0 Å². The number of aromatic nitrogens is 1. The van der Waals surface area contributed by atoms with E-state index in [0.29, 0.717) is 6.92 Å². The van der Waals surface area contributed by atoms with Crippen LogP contribution in [-0.2, 0) is 26.7 Å². The summed E-state index contributed by atoms with van der Waals surface area (Å²) in [5.74, 6) is -4.19. The van der Waals surface area contributed by atoms with E-state index in [1.807, 2.05) is 0 Å². The molecule has 3 heterocycles. The molecule has 1 unspecified atom stereocenters. The van der Waals surface area contributed by atoms with Crippen molar-refractivity contribution in [3.05, 3.63) is 41.5 Å². The number of carbonyl (C=O) groups excluding carboxylic acids is 3. The smallest absolute Gasteiger partial charge is 0.408 e. The Morgan fingerprint density at radius 1 is 1.25 bits per heavy atom. The number of nitrogens with one attached hydrogen (secondary N) is 3. The molecule has 3 amide bonds. The molecule has 4 rings (SSSR count). The fourth-order valence-corrected chi connectivity index (χ4v) is 6.14. The normalized spacial score (nSPS) is 22.7. The van der Waals surface area contributed by atoms with E-state index in [9.17, 15) is 40.4 Å². The minimum Gasteiger partial charge on any atom is -0.489 e.